The van der Waals surface area contributed by atoms with Crippen molar-refractivity contribution in [2.75, 3.05) is 27.4 Å². The van der Waals surface area contributed by atoms with Gasteiger partial charge in [-0.15, -0.1) is 0 Å². The van der Waals surface area contributed by atoms with Crippen molar-refractivity contribution in [1.82, 2.24) is 10.3 Å². The number of carbonyl (C=O) groups excluding carboxylic acids is 1. The van der Waals surface area contributed by atoms with E-state index in [0.717, 1.165) is 6.07 Å². The third-order valence-electron chi connectivity index (χ3n) is 5.95. The summed E-state index contributed by atoms with van der Waals surface area (Å²) in [6.07, 6.45) is 1.17. The normalized spacial score (nSPS) is 15.4. The molecule has 1 heterocycles. The molecular weight excluding hydrogens is 513 g/mol. The lowest BCUT2D eigenvalue weighted by atomic mass is 10.1. The summed E-state index contributed by atoms with van der Waals surface area (Å²) in [6.45, 7) is -1.47. The molecule has 196 valence electrons. The van der Waals surface area contributed by atoms with Crippen molar-refractivity contribution < 1.29 is 37.3 Å². The second kappa shape index (κ2) is 10.5. The highest BCUT2D eigenvalue weighted by Crippen LogP contribution is 2.43. The van der Waals surface area contributed by atoms with Crippen molar-refractivity contribution in [3.8, 4) is 28.5 Å². The first-order chi connectivity index (χ1) is 17.6. The summed E-state index contributed by atoms with van der Waals surface area (Å²) in [6, 6.07) is 10.6. The largest absolute Gasteiger partial charge is 0.494 e. The SMILES string of the molecule is COc1cc(C(=O)NCC(O)(F)c2ccc(OC)c(-c3ccc(F)c(Cl)c3)n2)ccc1OC1(CF)CC1. The number of hydrogen-bond donors (Lipinski definition) is 2. The molecule has 0 radical (unpaired) electrons. The van der Waals surface area contributed by atoms with E-state index in [-0.39, 0.29) is 33.5 Å². The minimum absolute atomic E-state index is 0.106. The molecule has 1 amide bonds. The first-order valence-electron chi connectivity index (χ1n) is 11.2. The number of nitrogens with zero attached hydrogens (tertiary/aromatic N) is 1. The highest BCUT2D eigenvalue weighted by Gasteiger charge is 2.46. The van der Waals surface area contributed by atoms with E-state index in [1.54, 1.807) is 0 Å². The van der Waals surface area contributed by atoms with Gasteiger partial charge in [-0.3, -0.25) is 4.79 Å². The van der Waals surface area contributed by atoms with Crippen LogP contribution in [-0.2, 0) is 5.85 Å². The number of pyridine rings is 1. The number of nitrogens with one attached hydrogen (secondary N) is 1. The number of aliphatic hydroxyl groups is 1. The van der Waals surface area contributed by atoms with Crippen LogP contribution in [0, 0.1) is 5.82 Å². The number of rotatable bonds is 10. The van der Waals surface area contributed by atoms with E-state index in [4.69, 9.17) is 25.8 Å². The molecular formula is C26H24ClF3N2O5. The number of carbonyl (C=O) groups is 1. The Labute approximate surface area is 216 Å². The molecule has 1 atom stereocenters. The van der Waals surface area contributed by atoms with Crippen molar-refractivity contribution in [1.29, 1.82) is 0 Å². The maximum absolute atomic E-state index is 15.3. The minimum atomic E-state index is -3.06. The van der Waals surface area contributed by atoms with Gasteiger partial charge < -0.3 is 24.6 Å². The van der Waals surface area contributed by atoms with Crippen LogP contribution in [0.5, 0.6) is 17.2 Å². The van der Waals surface area contributed by atoms with E-state index < -0.39 is 42.1 Å². The fourth-order valence-corrected chi connectivity index (χ4v) is 3.77. The van der Waals surface area contributed by atoms with E-state index in [9.17, 15) is 18.7 Å². The zero-order chi connectivity index (χ0) is 26.8. The molecule has 37 heavy (non-hydrogen) atoms. The number of hydrogen-bond acceptors (Lipinski definition) is 6. The summed E-state index contributed by atoms with van der Waals surface area (Å²) in [7, 11) is 2.75. The molecule has 2 N–H and O–H groups in total. The molecule has 1 fully saturated rings. The highest BCUT2D eigenvalue weighted by atomic mass is 35.5. The molecule has 2 aromatic carbocycles. The fourth-order valence-electron chi connectivity index (χ4n) is 3.59. The Balaban J connectivity index is 1.51. The molecule has 0 saturated heterocycles. The average Bonchev–Trinajstić information content (AvgIpc) is 3.68. The van der Waals surface area contributed by atoms with Crippen LogP contribution >= 0.6 is 11.6 Å². The number of alkyl halides is 2. The van der Waals surface area contributed by atoms with E-state index in [2.05, 4.69) is 10.3 Å². The Morgan fingerprint density at radius 2 is 1.81 bits per heavy atom. The molecule has 4 rings (SSSR count). The number of halogens is 4. The first kappa shape index (κ1) is 26.6. The molecule has 1 unspecified atom stereocenters. The molecule has 0 aliphatic heterocycles. The second-order valence-electron chi connectivity index (χ2n) is 8.60. The Kier molecular flexibility index (Phi) is 7.52. The molecule has 1 saturated carbocycles. The van der Waals surface area contributed by atoms with Crippen LogP contribution in [0.1, 0.15) is 28.9 Å². The predicted octanol–water partition coefficient (Wildman–Crippen LogP) is 4.98. The van der Waals surface area contributed by atoms with Gasteiger partial charge in [0.15, 0.2) is 11.5 Å². The topological polar surface area (TPSA) is 89.9 Å². The lowest BCUT2D eigenvalue weighted by Gasteiger charge is -2.21. The van der Waals surface area contributed by atoms with Gasteiger partial charge in [-0.25, -0.2) is 18.2 Å². The van der Waals surface area contributed by atoms with Crippen LogP contribution in [0.25, 0.3) is 11.3 Å². The third-order valence-corrected chi connectivity index (χ3v) is 6.24. The van der Waals surface area contributed by atoms with E-state index in [1.165, 1.54) is 56.7 Å². The molecule has 1 aliphatic carbocycles. The predicted molar refractivity (Wildman–Crippen MR) is 130 cm³/mol. The highest BCUT2D eigenvalue weighted by molar-refractivity contribution is 6.31. The van der Waals surface area contributed by atoms with Crippen LogP contribution in [-0.4, -0.2) is 49.0 Å². The lowest BCUT2D eigenvalue weighted by molar-refractivity contribution is -0.0942. The first-order valence-corrected chi connectivity index (χ1v) is 11.6. The number of methoxy groups -OCH3 is 2. The zero-order valence-electron chi connectivity index (χ0n) is 20.0. The average molecular weight is 537 g/mol. The standard InChI is InChI=1S/C26H24ClF3N2O5/c1-35-20-7-8-22(32-23(20)15-3-5-18(29)17(27)11-15)26(30,34)14-31-24(33)16-4-6-19(21(12-16)36-2)37-25(13-28)9-10-25/h3-8,11-12,34H,9-10,13-14H2,1-2H3,(H,31,33). The third kappa shape index (κ3) is 5.75. The summed E-state index contributed by atoms with van der Waals surface area (Å²) < 4.78 is 58.3. The van der Waals surface area contributed by atoms with Gasteiger partial charge in [-0.1, -0.05) is 11.6 Å². The zero-order valence-corrected chi connectivity index (χ0v) is 20.7. The van der Waals surface area contributed by atoms with Gasteiger partial charge in [0.2, 0.25) is 0 Å². The Hall–Kier alpha value is -3.50. The van der Waals surface area contributed by atoms with Crippen LogP contribution in [0.4, 0.5) is 13.2 Å². The van der Waals surface area contributed by atoms with Crippen molar-refractivity contribution in [3.05, 3.63) is 70.6 Å². The van der Waals surface area contributed by atoms with Gasteiger partial charge >= 0.3 is 0 Å². The molecule has 3 aromatic rings. The Morgan fingerprint density at radius 1 is 1.11 bits per heavy atom. The van der Waals surface area contributed by atoms with Gasteiger partial charge in [-0.05, 0) is 61.4 Å². The smallest absolute Gasteiger partial charge is 0.267 e. The van der Waals surface area contributed by atoms with Gasteiger partial charge in [-0.2, -0.15) is 0 Å². The summed E-state index contributed by atoms with van der Waals surface area (Å²) in [4.78, 5) is 16.8. The maximum atomic E-state index is 15.3. The molecule has 0 spiro atoms. The maximum Gasteiger partial charge on any atom is 0.267 e. The molecule has 11 heteroatoms. The fraction of sp³-hybridized carbons (Fsp3) is 0.308. The van der Waals surface area contributed by atoms with E-state index >= 15 is 4.39 Å². The van der Waals surface area contributed by atoms with Crippen LogP contribution in [0.15, 0.2) is 48.5 Å². The number of ether oxygens (including phenoxy) is 3. The summed E-state index contributed by atoms with van der Waals surface area (Å²) in [5, 5.41) is 12.6. The second-order valence-corrected chi connectivity index (χ2v) is 9.01. The van der Waals surface area contributed by atoms with Gasteiger partial charge in [0.25, 0.3) is 11.8 Å². The van der Waals surface area contributed by atoms with Crippen molar-refractivity contribution in [3.63, 3.8) is 0 Å². The van der Waals surface area contributed by atoms with Gasteiger partial charge in [0.05, 0.1) is 25.8 Å². The van der Waals surface area contributed by atoms with Crippen molar-refractivity contribution >= 4 is 17.5 Å². The molecule has 7 nitrogen and oxygen atoms in total. The Bertz CT molecular complexity index is 1320. The Morgan fingerprint density at radius 3 is 2.43 bits per heavy atom. The van der Waals surface area contributed by atoms with Gasteiger partial charge in [0, 0.05) is 11.1 Å². The van der Waals surface area contributed by atoms with E-state index in [0.29, 0.717) is 18.4 Å². The van der Waals surface area contributed by atoms with Crippen LogP contribution in [0.3, 0.4) is 0 Å². The van der Waals surface area contributed by atoms with Crippen molar-refractivity contribution in [2.45, 2.75) is 24.3 Å². The van der Waals surface area contributed by atoms with E-state index in [1.807, 2.05) is 0 Å². The molecule has 1 aromatic heterocycles. The number of aromatic nitrogens is 1. The quantitative estimate of drug-likeness (QED) is 0.380. The van der Waals surface area contributed by atoms with Gasteiger partial charge in [0.1, 0.15) is 35.2 Å². The number of amides is 1. The lowest BCUT2D eigenvalue weighted by Crippen LogP contribution is -2.38. The molecule has 0 bridgehead atoms. The molecule has 1 aliphatic rings. The summed E-state index contributed by atoms with van der Waals surface area (Å²) in [5.74, 6) is -3.68. The van der Waals surface area contributed by atoms with Crippen LogP contribution < -0.4 is 19.5 Å². The van der Waals surface area contributed by atoms with Crippen LogP contribution in [0.2, 0.25) is 5.02 Å². The summed E-state index contributed by atoms with van der Waals surface area (Å²) in [5.41, 5.74) is -0.710. The summed E-state index contributed by atoms with van der Waals surface area (Å²) >= 11 is 5.86. The number of benzene rings is 2. The van der Waals surface area contributed by atoms with Crippen molar-refractivity contribution in [2.24, 2.45) is 0 Å². The minimum Gasteiger partial charge on any atom is -0.494 e. The monoisotopic (exact) mass is 536 g/mol.